The Morgan fingerprint density at radius 2 is 1.28 bits per heavy atom. The van der Waals surface area contributed by atoms with Crippen LogP contribution in [-0.2, 0) is 20.1 Å². The second-order valence-corrected chi connectivity index (χ2v) is 15.6. The van der Waals surface area contributed by atoms with Gasteiger partial charge in [-0.15, -0.1) is 54.1 Å². The van der Waals surface area contributed by atoms with Crippen LogP contribution in [0.1, 0.15) is 70.0 Å². The molecular formula is C56H47IrN3O-2. The number of fused-ring (bicyclic) bond motifs is 4. The van der Waals surface area contributed by atoms with Crippen molar-refractivity contribution in [2.75, 3.05) is 0 Å². The van der Waals surface area contributed by atoms with E-state index in [0.29, 0.717) is 11.3 Å². The van der Waals surface area contributed by atoms with Crippen LogP contribution < -0.4 is 0 Å². The van der Waals surface area contributed by atoms with Gasteiger partial charge in [-0.1, -0.05) is 135 Å². The second kappa shape index (κ2) is 17.7. The third-order valence-electron chi connectivity index (χ3n) is 11.0. The monoisotopic (exact) mass is 976 g/mol. The van der Waals surface area contributed by atoms with Crippen molar-refractivity contribution >= 4 is 33.0 Å². The van der Waals surface area contributed by atoms with Gasteiger partial charge in [-0.2, -0.15) is 0 Å². The maximum Gasteiger partial charge on any atom is 0.121 e. The molecule has 0 fully saturated rings. The predicted octanol–water partition coefficient (Wildman–Crippen LogP) is 15.1. The van der Waals surface area contributed by atoms with Crippen LogP contribution in [0.25, 0.3) is 83.6 Å². The van der Waals surface area contributed by atoms with E-state index in [-0.39, 0.29) is 43.1 Å². The van der Waals surface area contributed by atoms with E-state index in [1.54, 1.807) is 24.3 Å². The summed E-state index contributed by atoms with van der Waals surface area (Å²) in [4.78, 5) is 9.35. The van der Waals surface area contributed by atoms with Gasteiger partial charge in [0.25, 0.3) is 0 Å². The van der Waals surface area contributed by atoms with Crippen LogP contribution in [0.4, 0.5) is 0 Å². The summed E-state index contributed by atoms with van der Waals surface area (Å²) in [6.45, 7) is 4.13. The summed E-state index contributed by atoms with van der Waals surface area (Å²) < 4.78 is 53.8. The van der Waals surface area contributed by atoms with E-state index in [1.807, 2.05) is 12.1 Å². The quantitative estimate of drug-likeness (QED) is 0.150. The van der Waals surface area contributed by atoms with Gasteiger partial charge in [0, 0.05) is 45.6 Å². The van der Waals surface area contributed by atoms with Crippen molar-refractivity contribution in [2.45, 2.75) is 53.2 Å². The average molecular weight is 976 g/mol. The molecule has 0 saturated heterocycles. The number of rotatable bonds is 7. The van der Waals surface area contributed by atoms with Gasteiger partial charge in [-0.3, -0.25) is 4.98 Å². The number of imidazole rings is 1. The van der Waals surface area contributed by atoms with Crippen LogP contribution in [-0.4, -0.2) is 14.5 Å². The first-order valence-electron chi connectivity index (χ1n) is 23.3. The second-order valence-electron chi connectivity index (χ2n) is 15.6. The molecule has 0 spiro atoms. The molecule has 5 heteroatoms. The van der Waals surface area contributed by atoms with E-state index in [1.165, 1.54) is 39.6 Å². The fourth-order valence-electron chi connectivity index (χ4n) is 7.91. The Morgan fingerprint density at radius 3 is 1.95 bits per heavy atom. The largest absolute Gasteiger partial charge is 0.501 e. The summed E-state index contributed by atoms with van der Waals surface area (Å²) in [7, 11) is 0. The van der Waals surface area contributed by atoms with Crippen LogP contribution in [0.3, 0.4) is 0 Å². The molecule has 0 unspecified atom stereocenters. The van der Waals surface area contributed by atoms with E-state index in [4.69, 9.17) is 17.6 Å². The molecule has 0 aliphatic rings. The molecular weight excluding hydrogens is 923 g/mol. The molecule has 0 bridgehead atoms. The van der Waals surface area contributed by atoms with Crippen molar-refractivity contribution in [3.8, 4) is 50.6 Å². The van der Waals surface area contributed by atoms with Crippen molar-refractivity contribution in [1.82, 2.24) is 14.5 Å². The van der Waals surface area contributed by atoms with Crippen LogP contribution in [0, 0.1) is 25.8 Å². The number of para-hydroxylation sites is 2. The molecule has 1 radical (unpaired) electrons. The van der Waals surface area contributed by atoms with Crippen molar-refractivity contribution < 1.29 is 32.7 Å². The molecule has 0 aliphatic heterocycles. The third-order valence-corrected chi connectivity index (χ3v) is 11.0. The van der Waals surface area contributed by atoms with Gasteiger partial charge in [0.15, 0.2) is 0 Å². The van der Waals surface area contributed by atoms with Gasteiger partial charge in [0.05, 0.1) is 22.4 Å². The fourth-order valence-corrected chi connectivity index (χ4v) is 7.91. The van der Waals surface area contributed by atoms with Crippen molar-refractivity contribution in [1.29, 1.82) is 0 Å². The molecule has 3 aromatic heterocycles. The first-order chi connectivity index (χ1) is 31.7. The maximum absolute atomic E-state index is 7.50. The van der Waals surface area contributed by atoms with Gasteiger partial charge >= 0.3 is 0 Å². The molecule has 10 rings (SSSR count). The minimum Gasteiger partial charge on any atom is -0.501 e. The maximum atomic E-state index is 7.50. The molecule has 61 heavy (non-hydrogen) atoms. The van der Waals surface area contributed by atoms with E-state index in [9.17, 15) is 0 Å². The molecule has 7 aromatic carbocycles. The van der Waals surface area contributed by atoms with E-state index in [2.05, 4.69) is 165 Å². The standard InChI is InChI=1S/C43H35N2O.C13H12N.Ir/c1-27(2)36-24-32(30-16-9-6-10-17-30)25-37(28(3)4)41(36)45-39-21-12-11-20-38(39)44-43(45)35-19-13-18-34-33-23-22-31(26-40(33)46-42(34)35)29-14-7-5-8-15-29;1-10-8-13(14-9-11(10)2)12-6-4-3-5-7-12;/h5-18,20-28H,1-4H3;3-6,8-9H,1-2H3;/q2*-1;/i;1D3,2D3;. The Hall–Kier alpha value is -6.39. The summed E-state index contributed by atoms with van der Waals surface area (Å²) in [6.07, 6.45) is 1.12. The van der Waals surface area contributed by atoms with Gasteiger partial charge in [-0.25, -0.2) is 0 Å². The molecule has 0 N–H and O–H groups in total. The summed E-state index contributed by atoms with van der Waals surface area (Å²) in [5.74, 6) is 1.41. The summed E-state index contributed by atoms with van der Waals surface area (Å²) in [5.41, 5.74) is 13.7. The molecule has 0 saturated carbocycles. The number of hydrogen-bond donors (Lipinski definition) is 0. The Bertz CT molecular complexity index is 3310. The van der Waals surface area contributed by atoms with Crippen LogP contribution >= 0.6 is 0 Å². The Kier molecular flexibility index (Phi) is 9.95. The number of benzene rings is 7. The minimum absolute atomic E-state index is 0. The smallest absolute Gasteiger partial charge is 0.121 e. The molecule has 4 nitrogen and oxygen atoms in total. The predicted molar refractivity (Wildman–Crippen MR) is 250 cm³/mol. The van der Waals surface area contributed by atoms with E-state index < -0.39 is 13.7 Å². The van der Waals surface area contributed by atoms with E-state index >= 15 is 0 Å². The first kappa shape index (κ1) is 34.3. The molecule has 303 valence electrons. The zero-order valence-corrected chi connectivity index (χ0v) is 36.7. The third kappa shape index (κ3) is 8.12. The van der Waals surface area contributed by atoms with Crippen LogP contribution in [0.2, 0.25) is 0 Å². The number of hydrogen-bond acceptors (Lipinski definition) is 3. The minimum atomic E-state index is -2.50. The summed E-state index contributed by atoms with van der Waals surface area (Å²) in [6, 6.07) is 59.7. The van der Waals surface area contributed by atoms with Crippen molar-refractivity contribution in [2.24, 2.45) is 0 Å². The van der Waals surface area contributed by atoms with Gasteiger partial charge < -0.3 is 14.0 Å². The number of aryl methyl sites for hydroxylation is 2. The topological polar surface area (TPSA) is 43.9 Å². The van der Waals surface area contributed by atoms with E-state index in [0.717, 1.165) is 56.1 Å². The fraction of sp³-hybridized carbons (Fsp3) is 0.143. The Labute approximate surface area is 380 Å². The number of nitrogens with zero attached hydrogens (tertiary/aromatic N) is 3. The van der Waals surface area contributed by atoms with Gasteiger partial charge in [-0.05, 0) is 101 Å². The normalized spacial score (nSPS) is 13.1. The number of aromatic nitrogens is 3. The first-order valence-corrected chi connectivity index (χ1v) is 20.3. The van der Waals surface area contributed by atoms with Gasteiger partial charge in [0.1, 0.15) is 5.58 Å². The summed E-state index contributed by atoms with van der Waals surface area (Å²) in [5, 5.41) is 2.15. The van der Waals surface area contributed by atoms with Crippen molar-refractivity contribution in [3.05, 3.63) is 198 Å². The molecule has 0 amide bonds. The number of pyridine rings is 1. The molecule has 3 heterocycles. The number of furan rings is 1. The van der Waals surface area contributed by atoms with Crippen LogP contribution in [0.15, 0.2) is 168 Å². The Morgan fingerprint density at radius 1 is 0.607 bits per heavy atom. The van der Waals surface area contributed by atoms with Crippen molar-refractivity contribution in [3.63, 3.8) is 0 Å². The summed E-state index contributed by atoms with van der Waals surface area (Å²) >= 11 is 0. The zero-order chi connectivity index (χ0) is 46.3. The molecule has 0 atom stereocenters. The Balaban J connectivity index is 0.000000244. The van der Waals surface area contributed by atoms with Crippen LogP contribution in [0.5, 0.6) is 0 Å². The average Bonchev–Trinajstić information content (AvgIpc) is 3.90. The van der Waals surface area contributed by atoms with Gasteiger partial charge in [0.2, 0.25) is 0 Å². The SMILES string of the molecule is CC(C)c1cc(-c2ccccc2)cc(C(C)C)c1-n1c(-c2[c-]ccc3c2oc2cc(-c4ccccc4)ccc23)nc2ccccc21.[2H]C([2H])([2H])c1cnc(-c2[c-]cccc2)cc1C([2H])([2H])[2H].[Ir]. The zero-order valence-electron chi connectivity index (χ0n) is 40.3. The molecule has 10 aromatic rings. The molecule has 0 aliphatic carbocycles.